The fraction of sp³-hybridized carbons (Fsp3) is 0.750. The van der Waals surface area contributed by atoms with Crippen LogP contribution < -0.4 is 0 Å². The van der Waals surface area contributed by atoms with Crippen molar-refractivity contribution in [3.8, 4) is 0 Å². The van der Waals surface area contributed by atoms with Crippen LogP contribution in [0.2, 0.25) is 0 Å². The van der Waals surface area contributed by atoms with Crippen LogP contribution in [0.5, 0.6) is 0 Å². The first-order chi connectivity index (χ1) is 40.5. The van der Waals surface area contributed by atoms with E-state index in [0.717, 1.165) is 116 Å². The minimum Gasteiger partial charge on any atom is -0.462 e. The molecule has 0 rings (SSSR count). The van der Waals surface area contributed by atoms with Gasteiger partial charge in [-0.1, -0.05) is 304 Å². The number of carbonyl (C=O) groups excluding carboxylic acids is 3. The Labute approximate surface area is 508 Å². The summed E-state index contributed by atoms with van der Waals surface area (Å²) in [6.07, 6.45) is 94.3. The standard InChI is InChI=1S/C76H132O6/c1-4-7-10-13-16-19-22-25-28-30-32-33-34-35-36-37-38-39-40-41-42-43-45-46-48-51-54-57-60-63-66-69-75(78)81-72-73(71-80-74(77)68-65-62-59-56-53-50-27-24-21-18-15-12-9-6-3)82-76(79)70-67-64-61-58-55-52-49-47-44-31-29-26-23-20-17-14-11-8-5-2/h7,10,16-17,19-20,24-29,32-33,44,47,73H,4-6,8-9,11-15,18,21-23,30-31,34-43,45-46,48-72H2,1-3H3/b10-7-,19-16-,20-17-,27-24-,28-25-,29-26-,33-32-,47-44-. The molecule has 1 atom stereocenters. The van der Waals surface area contributed by atoms with E-state index in [4.69, 9.17) is 14.2 Å². The van der Waals surface area contributed by atoms with Crippen LogP contribution in [0, 0.1) is 0 Å². The highest BCUT2D eigenvalue weighted by atomic mass is 16.6. The van der Waals surface area contributed by atoms with Gasteiger partial charge >= 0.3 is 17.9 Å². The van der Waals surface area contributed by atoms with E-state index in [2.05, 4.69) is 118 Å². The lowest BCUT2D eigenvalue weighted by Crippen LogP contribution is -2.30. The van der Waals surface area contributed by atoms with Crippen molar-refractivity contribution in [2.45, 2.75) is 354 Å². The SMILES string of the molecule is CC/C=C\C/C=C\C/C=C\C/C=C\CCCCCCCCCCCCCCCCCCCCC(=O)OCC(COC(=O)CCCCCCC/C=C\CCCCCCC)OC(=O)CCCCCCCC/C=C\C/C=C\C/C=C\CCCCC. The van der Waals surface area contributed by atoms with Gasteiger partial charge < -0.3 is 14.2 Å². The van der Waals surface area contributed by atoms with E-state index in [-0.39, 0.29) is 31.1 Å². The second-order valence-electron chi connectivity index (χ2n) is 23.4. The van der Waals surface area contributed by atoms with Crippen LogP contribution in [0.25, 0.3) is 0 Å². The molecule has 472 valence electrons. The lowest BCUT2D eigenvalue weighted by Gasteiger charge is -2.18. The smallest absolute Gasteiger partial charge is 0.306 e. The van der Waals surface area contributed by atoms with Crippen LogP contribution >= 0.6 is 0 Å². The molecule has 0 amide bonds. The molecule has 0 saturated heterocycles. The average Bonchev–Trinajstić information content (AvgIpc) is 3.47. The third-order valence-corrected chi connectivity index (χ3v) is 15.3. The molecule has 0 aliphatic heterocycles. The Morgan fingerprint density at radius 2 is 0.476 bits per heavy atom. The number of hydrogen-bond donors (Lipinski definition) is 0. The van der Waals surface area contributed by atoms with Crippen LogP contribution in [-0.4, -0.2) is 37.2 Å². The van der Waals surface area contributed by atoms with E-state index in [1.807, 2.05) is 0 Å². The number of hydrogen-bond acceptors (Lipinski definition) is 6. The Bertz CT molecular complexity index is 1590. The predicted octanol–water partition coefficient (Wildman–Crippen LogP) is 24.4. The van der Waals surface area contributed by atoms with Crippen molar-refractivity contribution in [1.82, 2.24) is 0 Å². The summed E-state index contributed by atoms with van der Waals surface area (Å²) in [6.45, 7) is 6.51. The van der Waals surface area contributed by atoms with Crippen LogP contribution in [0.3, 0.4) is 0 Å². The van der Waals surface area contributed by atoms with E-state index in [9.17, 15) is 14.4 Å². The highest BCUT2D eigenvalue weighted by Crippen LogP contribution is 2.17. The van der Waals surface area contributed by atoms with Gasteiger partial charge in [0.25, 0.3) is 0 Å². The fourth-order valence-electron chi connectivity index (χ4n) is 10.0. The fourth-order valence-corrected chi connectivity index (χ4v) is 10.0. The molecule has 0 heterocycles. The molecular weight excluding hydrogens is 1010 g/mol. The molecule has 0 aromatic rings. The van der Waals surface area contributed by atoms with Crippen LogP contribution in [-0.2, 0) is 28.6 Å². The largest absolute Gasteiger partial charge is 0.462 e. The number of carbonyl (C=O) groups is 3. The van der Waals surface area contributed by atoms with Gasteiger partial charge in [0.1, 0.15) is 13.2 Å². The maximum absolute atomic E-state index is 12.9. The topological polar surface area (TPSA) is 78.9 Å². The van der Waals surface area contributed by atoms with Gasteiger partial charge in [0.2, 0.25) is 0 Å². The summed E-state index contributed by atoms with van der Waals surface area (Å²) in [4.78, 5) is 38.4. The summed E-state index contributed by atoms with van der Waals surface area (Å²) >= 11 is 0. The molecule has 0 aliphatic rings. The Morgan fingerprint density at radius 3 is 0.780 bits per heavy atom. The maximum Gasteiger partial charge on any atom is 0.306 e. The highest BCUT2D eigenvalue weighted by molar-refractivity contribution is 5.71. The zero-order chi connectivity index (χ0) is 59.2. The minimum atomic E-state index is -0.788. The summed E-state index contributed by atoms with van der Waals surface area (Å²) in [5.41, 5.74) is 0. The van der Waals surface area contributed by atoms with Crippen molar-refractivity contribution < 1.29 is 28.6 Å². The zero-order valence-corrected chi connectivity index (χ0v) is 54.2. The summed E-state index contributed by atoms with van der Waals surface area (Å²) in [5, 5.41) is 0. The molecule has 0 aromatic carbocycles. The summed E-state index contributed by atoms with van der Waals surface area (Å²) in [7, 11) is 0. The summed E-state index contributed by atoms with van der Waals surface area (Å²) in [6, 6.07) is 0. The van der Waals surface area contributed by atoms with Gasteiger partial charge in [-0.25, -0.2) is 0 Å². The number of esters is 3. The lowest BCUT2D eigenvalue weighted by molar-refractivity contribution is -0.167. The van der Waals surface area contributed by atoms with Crippen molar-refractivity contribution in [2.75, 3.05) is 13.2 Å². The molecule has 0 aliphatic carbocycles. The van der Waals surface area contributed by atoms with Gasteiger partial charge in [-0.3, -0.25) is 14.4 Å². The second kappa shape index (κ2) is 69.8. The zero-order valence-electron chi connectivity index (χ0n) is 54.2. The Morgan fingerprint density at radius 1 is 0.256 bits per heavy atom. The summed E-state index contributed by atoms with van der Waals surface area (Å²) in [5.74, 6) is -0.888. The first kappa shape index (κ1) is 78.3. The van der Waals surface area contributed by atoms with E-state index >= 15 is 0 Å². The quantitative estimate of drug-likeness (QED) is 0.0261. The van der Waals surface area contributed by atoms with Gasteiger partial charge in [0, 0.05) is 19.3 Å². The molecule has 1 unspecified atom stereocenters. The Kier molecular flexibility index (Phi) is 66.7. The van der Waals surface area contributed by atoms with E-state index in [0.29, 0.717) is 19.3 Å². The Hall–Kier alpha value is -3.67. The third kappa shape index (κ3) is 67.1. The third-order valence-electron chi connectivity index (χ3n) is 15.3. The molecular formula is C76H132O6. The van der Waals surface area contributed by atoms with Gasteiger partial charge in [-0.2, -0.15) is 0 Å². The van der Waals surface area contributed by atoms with E-state index in [1.54, 1.807) is 0 Å². The predicted molar refractivity (Wildman–Crippen MR) is 357 cm³/mol. The van der Waals surface area contributed by atoms with Crippen LogP contribution in [0.1, 0.15) is 348 Å². The highest BCUT2D eigenvalue weighted by Gasteiger charge is 2.19. The van der Waals surface area contributed by atoms with Crippen molar-refractivity contribution in [2.24, 2.45) is 0 Å². The molecule has 0 saturated carbocycles. The molecule has 6 nitrogen and oxygen atoms in total. The number of rotatable bonds is 64. The molecule has 0 N–H and O–H groups in total. The van der Waals surface area contributed by atoms with Crippen molar-refractivity contribution in [3.05, 3.63) is 97.2 Å². The molecule has 6 heteroatoms. The maximum atomic E-state index is 12.9. The van der Waals surface area contributed by atoms with Gasteiger partial charge in [-0.15, -0.1) is 0 Å². The molecule has 0 bridgehead atoms. The van der Waals surface area contributed by atoms with Gasteiger partial charge in [0.05, 0.1) is 0 Å². The van der Waals surface area contributed by atoms with Gasteiger partial charge in [0.15, 0.2) is 6.10 Å². The molecule has 0 aromatic heterocycles. The molecule has 82 heavy (non-hydrogen) atoms. The van der Waals surface area contributed by atoms with Crippen LogP contribution in [0.15, 0.2) is 97.2 Å². The van der Waals surface area contributed by atoms with Crippen molar-refractivity contribution in [3.63, 3.8) is 0 Å². The number of allylic oxidation sites excluding steroid dienone is 16. The Balaban J connectivity index is 4.24. The van der Waals surface area contributed by atoms with Gasteiger partial charge in [-0.05, 0) is 122 Å². The second-order valence-corrected chi connectivity index (χ2v) is 23.4. The summed E-state index contributed by atoms with van der Waals surface area (Å²) < 4.78 is 17.0. The molecule has 0 fully saturated rings. The average molecular weight is 1140 g/mol. The van der Waals surface area contributed by atoms with Crippen molar-refractivity contribution >= 4 is 17.9 Å². The monoisotopic (exact) mass is 1140 g/mol. The number of ether oxygens (including phenoxy) is 3. The van der Waals surface area contributed by atoms with E-state index in [1.165, 1.54) is 193 Å². The molecule has 0 radical (unpaired) electrons. The van der Waals surface area contributed by atoms with E-state index < -0.39 is 6.10 Å². The number of unbranched alkanes of at least 4 members (excludes halogenated alkanes) is 37. The van der Waals surface area contributed by atoms with Crippen LogP contribution in [0.4, 0.5) is 0 Å². The van der Waals surface area contributed by atoms with Crippen molar-refractivity contribution in [1.29, 1.82) is 0 Å². The first-order valence-electron chi connectivity index (χ1n) is 35.2. The minimum absolute atomic E-state index is 0.0823. The lowest BCUT2D eigenvalue weighted by atomic mass is 10.0. The molecule has 0 spiro atoms. The normalized spacial score (nSPS) is 12.7. The first-order valence-corrected chi connectivity index (χ1v) is 35.2.